The first-order chi connectivity index (χ1) is 8.89. The molecule has 0 fully saturated rings. The monoisotopic (exact) mass is 371 g/mol. The minimum atomic E-state index is -3.77. The van der Waals surface area contributed by atoms with Gasteiger partial charge in [0, 0.05) is 23.9 Å². The highest BCUT2D eigenvalue weighted by atomic mass is 79.9. The number of halogens is 3. The molecule has 0 aliphatic carbocycles. The van der Waals surface area contributed by atoms with E-state index in [1.165, 1.54) is 23.5 Å². The van der Waals surface area contributed by atoms with Crippen LogP contribution in [0.5, 0.6) is 0 Å². The Morgan fingerprint density at radius 1 is 1.32 bits per heavy atom. The van der Waals surface area contributed by atoms with Gasteiger partial charge in [0.15, 0.2) is 0 Å². The van der Waals surface area contributed by atoms with Crippen LogP contribution in [-0.2, 0) is 10.0 Å². The molecule has 0 aliphatic rings. The highest BCUT2D eigenvalue weighted by Gasteiger charge is 2.23. The van der Waals surface area contributed by atoms with Crippen molar-refractivity contribution in [2.45, 2.75) is 24.2 Å². The van der Waals surface area contributed by atoms with E-state index in [4.69, 9.17) is 11.6 Å². The maximum atomic E-state index is 13.7. The van der Waals surface area contributed by atoms with Gasteiger partial charge in [-0.3, -0.25) is 0 Å². The quantitative estimate of drug-likeness (QED) is 0.541. The normalized spacial score (nSPS) is 12.1. The Morgan fingerprint density at radius 3 is 2.58 bits per heavy atom. The van der Waals surface area contributed by atoms with E-state index >= 15 is 0 Å². The number of rotatable bonds is 7. The number of alkyl halides is 1. The van der Waals surface area contributed by atoms with Gasteiger partial charge in [-0.2, -0.15) is 0 Å². The predicted octanol–water partition coefficient (Wildman–Crippen LogP) is 3.62. The van der Waals surface area contributed by atoms with Crippen LogP contribution in [0.4, 0.5) is 4.39 Å². The van der Waals surface area contributed by atoms with Crippen molar-refractivity contribution in [3.8, 4) is 0 Å². The summed E-state index contributed by atoms with van der Waals surface area (Å²) in [7, 11) is -2.31. The summed E-state index contributed by atoms with van der Waals surface area (Å²) >= 11 is 8.65. The van der Waals surface area contributed by atoms with E-state index in [1.807, 2.05) is 0 Å². The van der Waals surface area contributed by atoms with Crippen LogP contribution in [0.1, 0.15) is 19.3 Å². The lowest BCUT2D eigenvalue weighted by molar-refractivity contribution is 0.449. The molecule has 0 saturated heterocycles. The molecular formula is C12H16BrClFNO2S. The highest BCUT2D eigenvalue weighted by molar-refractivity contribution is 9.10. The molecule has 1 aromatic rings. The van der Waals surface area contributed by atoms with Gasteiger partial charge in [-0.05, 0) is 31.0 Å². The zero-order valence-corrected chi connectivity index (χ0v) is 13.7. The van der Waals surface area contributed by atoms with E-state index in [2.05, 4.69) is 15.9 Å². The first kappa shape index (κ1) is 16.9. The molecule has 3 nitrogen and oxygen atoms in total. The Balaban J connectivity index is 2.79. The molecule has 0 unspecified atom stereocenters. The maximum absolute atomic E-state index is 13.7. The Labute approximate surface area is 126 Å². The van der Waals surface area contributed by atoms with Crippen molar-refractivity contribution in [1.82, 2.24) is 4.31 Å². The van der Waals surface area contributed by atoms with Crippen molar-refractivity contribution in [3.63, 3.8) is 0 Å². The third kappa shape index (κ3) is 4.70. The zero-order chi connectivity index (χ0) is 14.5. The third-order valence-corrected chi connectivity index (χ3v) is 5.34. The average Bonchev–Trinajstić information content (AvgIpc) is 2.33. The van der Waals surface area contributed by atoms with Gasteiger partial charge in [0.25, 0.3) is 0 Å². The summed E-state index contributed by atoms with van der Waals surface area (Å²) in [6, 6.07) is 3.93. The minimum Gasteiger partial charge on any atom is -0.207 e. The van der Waals surface area contributed by atoms with Gasteiger partial charge in [0.05, 0.1) is 0 Å². The van der Waals surface area contributed by atoms with Crippen LogP contribution in [0.3, 0.4) is 0 Å². The maximum Gasteiger partial charge on any atom is 0.245 e. The van der Waals surface area contributed by atoms with Crippen LogP contribution in [0.2, 0.25) is 0 Å². The van der Waals surface area contributed by atoms with Gasteiger partial charge >= 0.3 is 0 Å². The van der Waals surface area contributed by atoms with Gasteiger partial charge in [0.1, 0.15) is 10.7 Å². The Bertz CT molecular complexity index is 524. The second-order valence-corrected chi connectivity index (χ2v) is 7.46. The minimum absolute atomic E-state index is 0.296. The molecule has 0 atom stereocenters. The first-order valence-corrected chi connectivity index (χ1v) is 8.63. The van der Waals surface area contributed by atoms with Crippen molar-refractivity contribution in [2.24, 2.45) is 0 Å². The SMILES string of the molecule is CN(CCCCCCl)S(=O)(=O)c1ccc(Br)cc1F. The van der Waals surface area contributed by atoms with Crippen LogP contribution in [-0.4, -0.2) is 32.2 Å². The molecule has 0 aliphatic heterocycles. The summed E-state index contributed by atoms with van der Waals surface area (Å²) in [4.78, 5) is -0.296. The lowest BCUT2D eigenvalue weighted by atomic mass is 10.2. The summed E-state index contributed by atoms with van der Waals surface area (Å²) in [6.07, 6.45) is 2.41. The lowest BCUT2D eigenvalue weighted by Gasteiger charge is -2.17. The molecule has 1 aromatic carbocycles. The van der Waals surface area contributed by atoms with Gasteiger partial charge in [-0.15, -0.1) is 11.6 Å². The fraction of sp³-hybridized carbons (Fsp3) is 0.500. The third-order valence-electron chi connectivity index (χ3n) is 2.69. The standard InChI is InChI=1S/C12H16BrClFNO2S/c1-16(8-4-2-3-7-14)19(17,18)12-6-5-10(13)9-11(12)15/h5-6,9H,2-4,7-8H2,1H3. The van der Waals surface area contributed by atoms with E-state index in [0.717, 1.165) is 18.9 Å². The molecule has 0 amide bonds. The summed E-state index contributed by atoms with van der Waals surface area (Å²) in [5.41, 5.74) is 0. The van der Waals surface area contributed by atoms with Crippen molar-refractivity contribution in [1.29, 1.82) is 0 Å². The highest BCUT2D eigenvalue weighted by Crippen LogP contribution is 2.22. The molecule has 108 valence electrons. The van der Waals surface area contributed by atoms with Crippen LogP contribution in [0.15, 0.2) is 27.6 Å². The van der Waals surface area contributed by atoms with Gasteiger partial charge < -0.3 is 0 Å². The molecule has 7 heteroatoms. The number of unbranched alkanes of at least 4 members (excludes halogenated alkanes) is 2. The van der Waals surface area contributed by atoms with Crippen LogP contribution < -0.4 is 0 Å². The Kier molecular flexibility index (Phi) is 6.73. The topological polar surface area (TPSA) is 37.4 Å². The van der Waals surface area contributed by atoms with E-state index in [9.17, 15) is 12.8 Å². The molecular weight excluding hydrogens is 357 g/mol. The van der Waals surface area contributed by atoms with Crippen molar-refractivity contribution in [3.05, 3.63) is 28.5 Å². The van der Waals surface area contributed by atoms with E-state index in [1.54, 1.807) is 0 Å². The van der Waals surface area contributed by atoms with Crippen LogP contribution >= 0.6 is 27.5 Å². The lowest BCUT2D eigenvalue weighted by Crippen LogP contribution is -2.28. The molecule has 0 heterocycles. The summed E-state index contributed by atoms with van der Waals surface area (Å²) in [6.45, 7) is 0.356. The number of benzene rings is 1. The Morgan fingerprint density at radius 2 is 2.00 bits per heavy atom. The molecule has 0 saturated carbocycles. The number of hydrogen-bond acceptors (Lipinski definition) is 2. The summed E-state index contributed by atoms with van der Waals surface area (Å²) < 4.78 is 39.7. The Hall–Kier alpha value is -0.170. The predicted molar refractivity (Wildman–Crippen MR) is 78.5 cm³/mol. The fourth-order valence-corrected chi connectivity index (χ4v) is 3.35. The van der Waals surface area contributed by atoms with Crippen molar-refractivity contribution in [2.75, 3.05) is 19.5 Å². The van der Waals surface area contributed by atoms with Gasteiger partial charge in [0.2, 0.25) is 10.0 Å². The number of nitrogens with zero attached hydrogens (tertiary/aromatic N) is 1. The fourth-order valence-electron chi connectivity index (χ4n) is 1.58. The largest absolute Gasteiger partial charge is 0.245 e. The molecule has 19 heavy (non-hydrogen) atoms. The van der Waals surface area contributed by atoms with E-state index in [-0.39, 0.29) is 4.90 Å². The summed E-state index contributed by atoms with van der Waals surface area (Å²) in [5.74, 6) is -0.181. The molecule has 0 aromatic heterocycles. The van der Waals surface area contributed by atoms with E-state index in [0.29, 0.717) is 23.3 Å². The number of hydrogen-bond donors (Lipinski definition) is 0. The molecule has 0 spiro atoms. The zero-order valence-electron chi connectivity index (χ0n) is 10.6. The van der Waals surface area contributed by atoms with Crippen LogP contribution in [0.25, 0.3) is 0 Å². The van der Waals surface area contributed by atoms with Crippen LogP contribution in [0, 0.1) is 5.82 Å². The molecule has 0 bridgehead atoms. The molecule has 0 radical (unpaired) electrons. The van der Waals surface area contributed by atoms with Gasteiger partial charge in [-0.25, -0.2) is 17.1 Å². The summed E-state index contributed by atoms with van der Waals surface area (Å²) in [5, 5.41) is 0. The first-order valence-electron chi connectivity index (χ1n) is 5.87. The van der Waals surface area contributed by atoms with Crippen molar-refractivity contribution >= 4 is 37.6 Å². The van der Waals surface area contributed by atoms with Crippen molar-refractivity contribution < 1.29 is 12.8 Å². The average molecular weight is 373 g/mol. The van der Waals surface area contributed by atoms with E-state index < -0.39 is 15.8 Å². The second-order valence-electron chi connectivity index (χ2n) is 4.15. The second kappa shape index (κ2) is 7.57. The van der Waals surface area contributed by atoms with Gasteiger partial charge in [-0.1, -0.05) is 22.4 Å². The number of sulfonamides is 1. The molecule has 1 rings (SSSR count). The molecule has 0 N–H and O–H groups in total. The smallest absolute Gasteiger partial charge is 0.207 e.